The Hall–Kier alpha value is -3.16. The minimum absolute atomic E-state index is 0.133. The Morgan fingerprint density at radius 3 is 2.61 bits per heavy atom. The van der Waals surface area contributed by atoms with Gasteiger partial charge in [0.25, 0.3) is 0 Å². The van der Waals surface area contributed by atoms with Crippen LogP contribution in [0.1, 0.15) is 22.8 Å². The number of nitrogens with one attached hydrogen (secondary N) is 1. The molecule has 28 heavy (non-hydrogen) atoms. The summed E-state index contributed by atoms with van der Waals surface area (Å²) in [6.45, 7) is 1.95. The summed E-state index contributed by atoms with van der Waals surface area (Å²) in [5, 5.41) is 27.2. The fraction of sp³-hybridized carbons (Fsp3) is 0.238. The highest BCUT2D eigenvalue weighted by molar-refractivity contribution is 5.67. The summed E-state index contributed by atoms with van der Waals surface area (Å²) in [7, 11) is 0. The van der Waals surface area contributed by atoms with Crippen molar-refractivity contribution in [2.45, 2.75) is 25.7 Å². The largest absolute Gasteiger partial charge is 0.445 e. The second-order valence-corrected chi connectivity index (χ2v) is 6.46. The van der Waals surface area contributed by atoms with Gasteiger partial charge in [-0.3, -0.25) is 0 Å². The van der Waals surface area contributed by atoms with E-state index in [1.54, 1.807) is 10.9 Å². The lowest BCUT2D eigenvalue weighted by Crippen LogP contribution is -2.35. The van der Waals surface area contributed by atoms with Crippen LogP contribution in [-0.4, -0.2) is 38.7 Å². The SMILES string of the molecule is Cc1ccccc1-n1cc(C(O)C(O)CNC(=O)OCc2ccccc2)cn1. The predicted molar refractivity (Wildman–Crippen MR) is 104 cm³/mol. The summed E-state index contributed by atoms with van der Waals surface area (Å²) in [5.74, 6) is 0. The van der Waals surface area contributed by atoms with E-state index in [1.807, 2.05) is 61.5 Å². The number of benzene rings is 2. The number of aliphatic hydroxyl groups is 2. The monoisotopic (exact) mass is 381 g/mol. The molecule has 0 bridgehead atoms. The molecule has 0 saturated heterocycles. The Morgan fingerprint density at radius 1 is 1.14 bits per heavy atom. The maximum atomic E-state index is 11.8. The molecule has 0 aliphatic rings. The Kier molecular flexibility index (Phi) is 6.41. The van der Waals surface area contributed by atoms with E-state index >= 15 is 0 Å². The molecule has 2 aromatic carbocycles. The van der Waals surface area contributed by atoms with Crippen LogP contribution in [0.2, 0.25) is 0 Å². The minimum atomic E-state index is -1.20. The molecule has 1 amide bonds. The summed E-state index contributed by atoms with van der Waals surface area (Å²) in [5.41, 5.74) is 3.24. The molecule has 3 aromatic rings. The zero-order valence-electron chi connectivity index (χ0n) is 15.5. The first kappa shape index (κ1) is 19.6. The second-order valence-electron chi connectivity index (χ2n) is 6.46. The van der Waals surface area contributed by atoms with Crippen molar-refractivity contribution in [3.63, 3.8) is 0 Å². The Morgan fingerprint density at radius 2 is 1.86 bits per heavy atom. The first-order valence-corrected chi connectivity index (χ1v) is 8.96. The number of ether oxygens (including phenoxy) is 1. The first-order valence-electron chi connectivity index (χ1n) is 8.96. The molecule has 7 heteroatoms. The molecule has 1 aromatic heterocycles. The lowest BCUT2D eigenvalue weighted by molar-refractivity contribution is 0.0184. The van der Waals surface area contributed by atoms with Gasteiger partial charge in [-0.15, -0.1) is 0 Å². The van der Waals surface area contributed by atoms with Crippen molar-refractivity contribution in [3.05, 3.63) is 83.7 Å². The fourth-order valence-corrected chi connectivity index (χ4v) is 2.74. The average molecular weight is 381 g/mol. The number of aromatic nitrogens is 2. The Balaban J connectivity index is 1.51. The summed E-state index contributed by atoms with van der Waals surface area (Å²) < 4.78 is 6.72. The van der Waals surface area contributed by atoms with E-state index in [0.717, 1.165) is 16.8 Å². The van der Waals surface area contributed by atoms with E-state index in [0.29, 0.717) is 5.56 Å². The molecule has 0 saturated carbocycles. The minimum Gasteiger partial charge on any atom is -0.445 e. The topological polar surface area (TPSA) is 96.6 Å². The van der Waals surface area contributed by atoms with Crippen molar-refractivity contribution < 1.29 is 19.7 Å². The zero-order chi connectivity index (χ0) is 19.9. The number of carbonyl (C=O) groups is 1. The fourth-order valence-electron chi connectivity index (χ4n) is 2.74. The van der Waals surface area contributed by atoms with E-state index in [1.165, 1.54) is 6.20 Å². The number of rotatable bonds is 7. The molecular formula is C21H23N3O4. The van der Waals surface area contributed by atoms with Crippen LogP contribution in [0, 0.1) is 6.92 Å². The third kappa shape index (κ3) is 4.97. The van der Waals surface area contributed by atoms with Gasteiger partial charge >= 0.3 is 6.09 Å². The number of alkyl carbamates (subject to hydrolysis) is 1. The summed E-state index contributed by atoms with van der Waals surface area (Å²) in [6.07, 6.45) is 0.106. The normalized spacial score (nSPS) is 13.0. The molecular weight excluding hydrogens is 358 g/mol. The molecule has 0 radical (unpaired) electrons. The maximum absolute atomic E-state index is 11.8. The van der Waals surface area contributed by atoms with Crippen LogP contribution in [0.5, 0.6) is 0 Å². The Bertz CT molecular complexity index is 911. The van der Waals surface area contributed by atoms with Gasteiger partial charge in [-0.25, -0.2) is 9.48 Å². The number of para-hydroxylation sites is 1. The molecule has 0 spiro atoms. The van der Waals surface area contributed by atoms with Crippen molar-refractivity contribution in [1.29, 1.82) is 0 Å². The maximum Gasteiger partial charge on any atom is 0.407 e. The van der Waals surface area contributed by atoms with Gasteiger partial charge in [-0.05, 0) is 24.1 Å². The van der Waals surface area contributed by atoms with E-state index in [-0.39, 0.29) is 13.2 Å². The molecule has 3 N–H and O–H groups in total. The van der Waals surface area contributed by atoms with Crippen LogP contribution in [0.15, 0.2) is 67.0 Å². The first-order chi connectivity index (χ1) is 13.5. The van der Waals surface area contributed by atoms with Crippen molar-refractivity contribution in [2.24, 2.45) is 0 Å². The smallest absolute Gasteiger partial charge is 0.407 e. The molecule has 0 fully saturated rings. The quantitative estimate of drug-likeness (QED) is 0.584. The van der Waals surface area contributed by atoms with Crippen LogP contribution in [-0.2, 0) is 11.3 Å². The van der Waals surface area contributed by atoms with Gasteiger partial charge in [-0.2, -0.15) is 5.10 Å². The molecule has 3 rings (SSSR count). The molecule has 7 nitrogen and oxygen atoms in total. The van der Waals surface area contributed by atoms with E-state index < -0.39 is 18.3 Å². The van der Waals surface area contributed by atoms with Crippen LogP contribution >= 0.6 is 0 Å². The molecule has 2 atom stereocenters. The molecule has 0 aliphatic carbocycles. The molecule has 146 valence electrons. The lowest BCUT2D eigenvalue weighted by atomic mass is 10.1. The van der Waals surface area contributed by atoms with Crippen molar-refractivity contribution in [2.75, 3.05) is 6.54 Å². The highest BCUT2D eigenvalue weighted by atomic mass is 16.5. The van der Waals surface area contributed by atoms with Gasteiger partial charge in [-0.1, -0.05) is 48.5 Å². The lowest BCUT2D eigenvalue weighted by Gasteiger charge is -2.17. The number of hydrogen-bond donors (Lipinski definition) is 3. The second kappa shape index (κ2) is 9.16. The van der Waals surface area contributed by atoms with Crippen LogP contribution < -0.4 is 5.32 Å². The summed E-state index contributed by atoms with van der Waals surface area (Å²) >= 11 is 0. The zero-order valence-corrected chi connectivity index (χ0v) is 15.5. The molecule has 0 aliphatic heterocycles. The van der Waals surface area contributed by atoms with Gasteiger partial charge in [0.05, 0.1) is 11.9 Å². The third-order valence-electron chi connectivity index (χ3n) is 4.34. The van der Waals surface area contributed by atoms with E-state index in [2.05, 4.69) is 10.4 Å². The number of carbonyl (C=O) groups excluding carboxylic acids is 1. The number of hydrogen-bond acceptors (Lipinski definition) is 5. The van der Waals surface area contributed by atoms with Crippen LogP contribution in [0.3, 0.4) is 0 Å². The van der Waals surface area contributed by atoms with Gasteiger partial charge in [0.15, 0.2) is 0 Å². The number of nitrogens with zero attached hydrogens (tertiary/aromatic N) is 2. The predicted octanol–water partition coefficient (Wildman–Crippen LogP) is 2.50. The van der Waals surface area contributed by atoms with Gasteiger partial charge in [0.2, 0.25) is 0 Å². The van der Waals surface area contributed by atoms with Gasteiger partial charge in [0, 0.05) is 18.3 Å². The summed E-state index contributed by atoms with van der Waals surface area (Å²) in [4.78, 5) is 11.8. The highest BCUT2D eigenvalue weighted by Crippen LogP contribution is 2.19. The highest BCUT2D eigenvalue weighted by Gasteiger charge is 2.21. The number of amides is 1. The number of aryl methyl sites for hydroxylation is 1. The van der Waals surface area contributed by atoms with Gasteiger partial charge < -0.3 is 20.3 Å². The van der Waals surface area contributed by atoms with E-state index in [4.69, 9.17) is 4.74 Å². The Labute approximate surface area is 163 Å². The van der Waals surface area contributed by atoms with Crippen LogP contribution in [0.4, 0.5) is 4.79 Å². The van der Waals surface area contributed by atoms with Crippen molar-refractivity contribution >= 4 is 6.09 Å². The van der Waals surface area contributed by atoms with E-state index in [9.17, 15) is 15.0 Å². The van der Waals surface area contributed by atoms with Gasteiger partial charge in [0.1, 0.15) is 18.8 Å². The van der Waals surface area contributed by atoms with Crippen LogP contribution in [0.25, 0.3) is 5.69 Å². The summed E-state index contributed by atoms with van der Waals surface area (Å²) in [6, 6.07) is 17.0. The standard InChI is InChI=1S/C21H23N3O4/c1-15-7-5-6-10-18(15)24-13-17(11-23-24)20(26)19(25)12-22-21(27)28-14-16-8-3-2-4-9-16/h2-11,13,19-20,25-26H,12,14H2,1H3,(H,22,27). The molecule has 2 unspecified atom stereocenters. The third-order valence-corrected chi connectivity index (χ3v) is 4.34. The molecule has 1 heterocycles. The van der Waals surface area contributed by atoms with Crippen molar-refractivity contribution in [3.8, 4) is 5.69 Å². The average Bonchev–Trinajstić information content (AvgIpc) is 3.21. The van der Waals surface area contributed by atoms with Crippen molar-refractivity contribution in [1.82, 2.24) is 15.1 Å². The number of aliphatic hydroxyl groups excluding tert-OH is 2.